The number of carboxylic acids is 1. The summed E-state index contributed by atoms with van der Waals surface area (Å²) in [5.74, 6) is -0.967. The average Bonchev–Trinajstić information content (AvgIpc) is 3.31. The minimum atomic E-state index is -0.952. The molecular weight excluding hydrogens is 272 g/mol. The monoisotopic (exact) mass is 290 g/mol. The maximum atomic E-state index is 12.3. The van der Waals surface area contributed by atoms with E-state index in [4.69, 9.17) is 9.84 Å². The van der Waals surface area contributed by atoms with Crippen LogP contribution in [0, 0.1) is 0 Å². The highest BCUT2D eigenvalue weighted by Gasteiger charge is 2.33. The zero-order chi connectivity index (χ0) is 14.8. The lowest BCUT2D eigenvalue weighted by atomic mass is 10.1. The Hall–Kier alpha value is -2.08. The molecule has 112 valence electrons. The molecule has 0 aromatic heterocycles. The van der Waals surface area contributed by atoms with E-state index in [2.05, 4.69) is 5.32 Å². The third-order valence-electron chi connectivity index (χ3n) is 3.80. The molecule has 1 amide bonds. The molecule has 0 radical (unpaired) electrons. The SMILES string of the molecule is O=C(O)c1ccc(N2CCOCC2C(=O)NC2CC2)cc1. The second-order valence-electron chi connectivity index (χ2n) is 5.42. The maximum absolute atomic E-state index is 12.3. The van der Waals surface area contributed by atoms with Gasteiger partial charge in [0, 0.05) is 18.3 Å². The van der Waals surface area contributed by atoms with E-state index in [-0.39, 0.29) is 17.5 Å². The molecule has 1 saturated heterocycles. The summed E-state index contributed by atoms with van der Waals surface area (Å²) in [5.41, 5.74) is 1.09. The van der Waals surface area contributed by atoms with Crippen molar-refractivity contribution >= 4 is 17.6 Å². The minimum absolute atomic E-state index is 0.0143. The Kier molecular flexibility index (Phi) is 3.79. The van der Waals surface area contributed by atoms with Gasteiger partial charge in [0.05, 0.1) is 18.8 Å². The van der Waals surface area contributed by atoms with Crippen molar-refractivity contribution in [1.82, 2.24) is 5.32 Å². The Morgan fingerprint density at radius 1 is 1.24 bits per heavy atom. The molecule has 1 aliphatic carbocycles. The lowest BCUT2D eigenvalue weighted by Gasteiger charge is -2.36. The van der Waals surface area contributed by atoms with Crippen LogP contribution in [-0.4, -0.2) is 48.8 Å². The van der Waals surface area contributed by atoms with Gasteiger partial charge < -0.3 is 20.1 Å². The van der Waals surface area contributed by atoms with Crippen molar-refractivity contribution < 1.29 is 19.4 Å². The van der Waals surface area contributed by atoms with Gasteiger partial charge in [0.15, 0.2) is 0 Å². The number of aromatic carboxylic acids is 1. The predicted molar refractivity (Wildman–Crippen MR) is 76.5 cm³/mol. The number of hydrogen-bond donors (Lipinski definition) is 2. The molecule has 1 aromatic carbocycles. The summed E-state index contributed by atoms with van der Waals surface area (Å²) >= 11 is 0. The number of hydrogen-bond acceptors (Lipinski definition) is 4. The number of amides is 1. The van der Waals surface area contributed by atoms with Gasteiger partial charge in [0.1, 0.15) is 6.04 Å². The van der Waals surface area contributed by atoms with Gasteiger partial charge in [0.2, 0.25) is 5.91 Å². The Bertz CT molecular complexity index is 539. The number of benzene rings is 1. The summed E-state index contributed by atoms with van der Waals surface area (Å²) in [6, 6.07) is 6.57. The summed E-state index contributed by atoms with van der Waals surface area (Å²) in [5, 5.41) is 11.9. The van der Waals surface area contributed by atoms with Crippen LogP contribution >= 0.6 is 0 Å². The van der Waals surface area contributed by atoms with Crippen molar-refractivity contribution in [3.63, 3.8) is 0 Å². The first-order valence-electron chi connectivity index (χ1n) is 7.13. The second kappa shape index (κ2) is 5.73. The summed E-state index contributed by atoms with van der Waals surface area (Å²) < 4.78 is 5.42. The van der Waals surface area contributed by atoms with Crippen molar-refractivity contribution in [3.05, 3.63) is 29.8 Å². The first kappa shape index (κ1) is 13.9. The van der Waals surface area contributed by atoms with Gasteiger partial charge in [0.25, 0.3) is 0 Å². The zero-order valence-electron chi connectivity index (χ0n) is 11.6. The molecule has 1 heterocycles. The van der Waals surface area contributed by atoms with Crippen molar-refractivity contribution in [3.8, 4) is 0 Å². The lowest BCUT2D eigenvalue weighted by molar-refractivity contribution is -0.124. The van der Waals surface area contributed by atoms with Gasteiger partial charge in [-0.25, -0.2) is 4.79 Å². The molecule has 1 atom stereocenters. The molecule has 21 heavy (non-hydrogen) atoms. The molecule has 0 bridgehead atoms. The minimum Gasteiger partial charge on any atom is -0.478 e. The largest absolute Gasteiger partial charge is 0.478 e. The fourth-order valence-corrected chi connectivity index (χ4v) is 2.45. The molecule has 2 aliphatic rings. The van der Waals surface area contributed by atoms with Gasteiger partial charge in [-0.05, 0) is 37.1 Å². The summed E-state index contributed by atoms with van der Waals surface area (Å²) in [4.78, 5) is 25.2. The van der Waals surface area contributed by atoms with E-state index in [1.54, 1.807) is 24.3 Å². The van der Waals surface area contributed by atoms with Crippen molar-refractivity contribution in [1.29, 1.82) is 0 Å². The van der Waals surface area contributed by atoms with Crippen LogP contribution in [0.4, 0.5) is 5.69 Å². The van der Waals surface area contributed by atoms with E-state index in [1.807, 2.05) is 4.90 Å². The Morgan fingerprint density at radius 3 is 2.57 bits per heavy atom. The number of nitrogens with zero attached hydrogens (tertiary/aromatic N) is 1. The van der Waals surface area contributed by atoms with Gasteiger partial charge in [-0.15, -0.1) is 0 Å². The van der Waals surface area contributed by atoms with Crippen LogP contribution < -0.4 is 10.2 Å². The molecule has 2 fully saturated rings. The molecule has 2 N–H and O–H groups in total. The molecule has 3 rings (SSSR count). The predicted octanol–water partition coefficient (Wildman–Crippen LogP) is 0.869. The summed E-state index contributed by atoms with van der Waals surface area (Å²) in [6.07, 6.45) is 2.10. The first-order chi connectivity index (χ1) is 10.1. The number of carboxylic acid groups (broad SMARTS) is 1. The van der Waals surface area contributed by atoms with Crippen LogP contribution in [-0.2, 0) is 9.53 Å². The van der Waals surface area contributed by atoms with Crippen molar-refractivity contribution in [2.24, 2.45) is 0 Å². The number of morpholine rings is 1. The lowest BCUT2D eigenvalue weighted by Crippen LogP contribution is -2.54. The molecule has 0 spiro atoms. The Labute approximate surface area is 122 Å². The van der Waals surface area contributed by atoms with Crippen LogP contribution in [0.15, 0.2) is 24.3 Å². The molecule has 1 aromatic rings. The normalized spacial score (nSPS) is 21.9. The highest BCUT2D eigenvalue weighted by atomic mass is 16.5. The highest BCUT2D eigenvalue weighted by molar-refractivity contribution is 5.89. The van der Waals surface area contributed by atoms with Crippen LogP contribution in [0.3, 0.4) is 0 Å². The molecule has 1 aliphatic heterocycles. The van der Waals surface area contributed by atoms with Crippen LogP contribution in [0.2, 0.25) is 0 Å². The van der Waals surface area contributed by atoms with E-state index < -0.39 is 5.97 Å². The fraction of sp³-hybridized carbons (Fsp3) is 0.467. The first-order valence-corrected chi connectivity index (χ1v) is 7.13. The zero-order valence-corrected chi connectivity index (χ0v) is 11.6. The molecule has 1 unspecified atom stereocenters. The van der Waals surface area contributed by atoms with Crippen LogP contribution in [0.1, 0.15) is 23.2 Å². The molecular formula is C15H18N2O4. The number of anilines is 1. The maximum Gasteiger partial charge on any atom is 0.335 e. The van der Waals surface area contributed by atoms with E-state index in [1.165, 1.54) is 0 Å². The van der Waals surface area contributed by atoms with E-state index >= 15 is 0 Å². The molecule has 1 saturated carbocycles. The smallest absolute Gasteiger partial charge is 0.335 e. The second-order valence-corrected chi connectivity index (χ2v) is 5.42. The summed E-state index contributed by atoms with van der Waals surface area (Å²) in [7, 11) is 0. The molecule has 6 heteroatoms. The third-order valence-corrected chi connectivity index (χ3v) is 3.80. The number of carbonyl (C=O) groups is 2. The van der Waals surface area contributed by atoms with Crippen LogP contribution in [0.5, 0.6) is 0 Å². The number of ether oxygens (including phenoxy) is 1. The average molecular weight is 290 g/mol. The van der Waals surface area contributed by atoms with Crippen LogP contribution in [0.25, 0.3) is 0 Å². The topological polar surface area (TPSA) is 78.9 Å². The van der Waals surface area contributed by atoms with Gasteiger partial charge in [-0.3, -0.25) is 4.79 Å². The molecule has 6 nitrogen and oxygen atoms in total. The quantitative estimate of drug-likeness (QED) is 0.860. The van der Waals surface area contributed by atoms with Crippen molar-refractivity contribution in [2.75, 3.05) is 24.7 Å². The summed E-state index contributed by atoms with van der Waals surface area (Å²) in [6.45, 7) is 1.54. The van der Waals surface area contributed by atoms with Crippen molar-refractivity contribution in [2.45, 2.75) is 24.9 Å². The van der Waals surface area contributed by atoms with Gasteiger partial charge >= 0.3 is 5.97 Å². The van der Waals surface area contributed by atoms with E-state index in [9.17, 15) is 9.59 Å². The number of rotatable bonds is 4. The standard InChI is InChI=1S/C15H18N2O4/c18-14(16-11-3-4-11)13-9-21-8-7-17(13)12-5-1-10(2-6-12)15(19)20/h1-2,5-6,11,13H,3-4,7-9H2,(H,16,18)(H,19,20). The van der Waals surface area contributed by atoms with E-state index in [0.717, 1.165) is 18.5 Å². The van der Waals surface area contributed by atoms with E-state index in [0.29, 0.717) is 25.8 Å². The van der Waals surface area contributed by atoms with Gasteiger partial charge in [-0.1, -0.05) is 0 Å². The number of carbonyl (C=O) groups excluding carboxylic acids is 1. The fourth-order valence-electron chi connectivity index (χ4n) is 2.45. The highest BCUT2D eigenvalue weighted by Crippen LogP contribution is 2.23. The van der Waals surface area contributed by atoms with Gasteiger partial charge in [-0.2, -0.15) is 0 Å². The Morgan fingerprint density at radius 2 is 1.95 bits per heavy atom. The number of nitrogens with one attached hydrogen (secondary N) is 1. The third kappa shape index (κ3) is 3.16. The Balaban J connectivity index is 1.76.